The van der Waals surface area contributed by atoms with Crippen molar-refractivity contribution in [3.05, 3.63) is 0 Å². The van der Waals surface area contributed by atoms with Crippen LogP contribution in [0.4, 0.5) is 0 Å². The normalized spacial score (nSPS) is 34.9. The molecular formula is C6H9NOS. The summed E-state index contributed by atoms with van der Waals surface area (Å²) in [6.45, 7) is 3.85. The van der Waals surface area contributed by atoms with Crippen LogP contribution in [-0.4, -0.2) is 10.9 Å². The molecule has 50 valence electrons. The van der Waals surface area contributed by atoms with Gasteiger partial charge < -0.3 is 5.32 Å². The highest BCUT2D eigenvalue weighted by Crippen LogP contribution is 2.17. The maximum absolute atomic E-state index is 10.8. The van der Waals surface area contributed by atoms with E-state index in [-0.39, 0.29) is 17.7 Å². The van der Waals surface area contributed by atoms with Gasteiger partial charge in [-0.25, -0.2) is 0 Å². The van der Waals surface area contributed by atoms with E-state index >= 15 is 0 Å². The molecule has 0 aromatic rings. The SMILES string of the molecule is CC1C(=O)NC(=S)C1C. The minimum absolute atomic E-state index is 0.0625. The number of thiocarbonyl (C=S) groups is 1. The van der Waals surface area contributed by atoms with Crippen molar-refractivity contribution in [1.29, 1.82) is 0 Å². The molecule has 0 spiro atoms. The Morgan fingerprint density at radius 2 is 2.00 bits per heavy atom. The molecule has 0 aromatic carbocycles. The molecule has 0 aromatic heterocycles. The van der Waals surface area contributed by atoms with Gasteiger partial charge in [-0.3, -0.25) is 4.79 Å². The van der Waals surface area contributed by atoms with Crippen molar-refractivity contribution in [2.45, 2.75) is 13.8 Å². The van der Waals surface area contributed by atoms with Gasteiger partial charge in [0.25, 0.3) is 0 Å². The van der Waals surface area contributed by atoms with E-state index in [0.29, 0.717) is 4.99 Å². The summed E-state index contributed by atoms with van der Waals surface area (Å²) >= 11 is 4.86. The van der Waals surface area contributed by atoms with Gasteiger partial charge in [-0.15, -0.1) is 0 Å². The van der Waals surface area contributed by atoms with Crippen LogP contribution in [0.3, 0.4) is 0 Å². The molecule has 1 rings (SSSR count). The third kappa shape index (κ3) is 0.965. The molecule has 1 heterocycles. The van der Waals surface area contributed by atoms with Crippen molar-refractivity contribution in [3.63, 3.8) is 0 Å². The van der Waals surface area contributed by atoms with Gasteiger partial charge in [0.1, 0.15) is 0 Å². The molecule has 1 saturated heterocycles. The number of hydrogen-bond donors (Lipinski definition) is 1. The van der Waals surface area contributed by atoms with Crippen LogP contribution in [-0.2, 0) is 4.79 Å². The second-order valence-corrected chi connectivity index (χ2v) is 2.87. The number of hydrogen-bond acceptors (Lipinski definition) is 2. The zero-order valence-electron chi connectivity index (χ0n) is 5.47. The lowest BCUT2D eigenvalue weighted by Crippen LogP contribution is -2.20. The second-order valence-electron chi connectivity index (χ2n) is 2.43. The number of nitrogens with one attached hydrogen (secondary N) is 1. The third-order valence-electron chi connectivity index (χ3n) is 1.82. The molecule has 2 unspecified atom stereocenters. The predicted molar refractivity (Wildman–Crippen MR) is 39.1 cm³/mol. The van der Waals surface area contributed by atoms with Crippen LogP contribution in [0.5, 0.6) is 0 Å². The molecule has 9 heavy (non-hydrogen) atoms. The summed E-state index contributed by atoms with van der Waals surface area (Å²) in [5, 5.41) is 2.61. The molecule has 3 heteroatoms. The standard InChI is InChI=1S/C6H9NOS/c1-3-4(2)6(9)7-5(3)8/h3-4H,1-2H3,(H,7,8,9). The van der Waals surface area contributed by atoms with Crippen molar-refractivity contribution in [2.24, 2.45) is 11.8 Å². The largest absolute Gasteiger partial charge is 0.320 e. The average molecular weight is 143 g/mol. The summed E-state index contributed by atoms with van der Waals surface area (Å²) in [4.78, 5) is 11.5. The maximum atomic E-state index is 10.8. The van der Waals surface area contributed by atoms with Crippen LogP contribution in [0.1, 0.15) is 13.8 Å². The molecule has 1 fully saturated rings. The van der Waals surface area contributed by atoms with Gasteiger partial charge in [0, 0.05) is 11.8 Å². The Labute approximate surface area is 59.6 Å². The molecule has 2 nitrogen and oxygen atoms in total. The van der Waals surface area contributed by atoms with Crippen molar-refractivity contribution in [1.82, 2.24) is 5.32 Å². The molecule has 0 bridgehead atoms. The molecule has 1 N–H and O–H groups in total. The molecule has 0 saturated carbocycles. The molecule has 1 aliphatic heterocycles. The first-order valence-electron chi connectivity index (χ1n) is 2.97. The first kappa shape index (κ1) is 6.68. The van der Waals surface area contributed by atoms with Gasteiger partial charge in [0.15, 0.2) is 0 Å². The molecule has 0 radical (unpaired) electrons. The summed E-state index contributed by atoms with van der Waals surface area (Å²) in [7, 11) is 0. The number of amides is 1. The topological polar surface area (TPSA) is 29.1 Å². The highest BCUT2D eigenvalue weighted by Gasteiger charge is 2.31. The fraction of sp³-hybridized carbons (Fsp3) is 0.667. The highest BCUT2D eigenvalue weighted by molar-refractivity contribution is 7.80. The Morgan fingerprint density at radius 1 is 1.44 bits per heavy atom. The van der Waals surface area contributed by atoms with Gasteiger partial charge in [-0.1, -0.05) is 26.1 Å². The Balaban J connectivity index is 2.77. The maximum Gasteiger partial charge on any atom is 0.228 e. The first-order valence-corrected chi connectivity index (χ1v) is 3.38. The lowest BCUT2D eigenvalue weighted by atomic mass is 10.0. The lowest BCUT2D eigenvalue weighted by molar-refractivity contribution is -0.122. The van der Waals surface area contributed by atoms with E-state index in [4.69, 9.17) is 12.2 Å². The fourth-order valence-corrected chi connectivity index (χ4v) is 1.11. The van der Waals surface area contributed by atoms with E-state index in [0.717, 1.165) is 0 Å². The number of rotatable bonds is 0. The quantitative estimate of drug-likeness (QED) is 0.506. The van der Waals surface area contributed by atoms with Gasteiger partial charge >= 0.3 is 0 Å². The number of carbonyl (C=O) groups excluding carboxylic acids is 1. The van der Waals surface area contributed by atoms with E-state index in [1.165, 1.54) is 0 Å². The summed E-state index contributed by atoms with van der Waals surface area (Å²) in [5.41, 5.74) is 0. The molecule has 1 aliphatic rings. The molecular weight excluding hydrogens is 134 g/mol. The van der Waals surface area contributed by atoms with E-state index in [2.05, 4.69) is 5.32 Å². The summed E-state index contributed by atoms with van der Waals surface area (Å²) in [6, 6.07) is 0. The summed E-state index contributed by atoms with van der Waals surface area (Å²) in [6.07, 6.45) is 0. The van der Waals surface area contributed by atoms with Crippen molar-refractivity contribution in [2.75, 3.05) is 0 Å². The minimum atomic E-state index is 0.0625. The van der Waals surface area contributed by atoms with Gasteiger partial charge in [-0.2, -0.15) is 0 Å². The van der Waals surface area contributed by atoms with E-state index < -0.39 is 0 Å². The molecule has 0 aliphatic carbocycles. The monoisotopic (exact) mass is 143 g/mol. The first-order chi connectivity index (χ1) is 4.13. The Morgan fingerprint density at radius 3 is 2.11 bits per heavy atom. The zero-order chi connectivity index (χ0) is 7.02. The number of carbonyl (C=O) groups is 1. The van der Waals surface area contributed by atoms with Gasteiger partial charge in [-0.05, 0) is 0 Å². The van der Waals surface area contributed by atoms with Crippen molar-refractivity contribution >= 4 is 23.1 Å². The fourth-order valence-electron chi connectivity index (χ4n) is 0.803. The van der Waals surface area contributed by atoms with Crippen molar-refractivity contribution in [3.8, 4) is 0 Å². The Hall–Kier alpha value is -0.440. The van der Waals surface area contributed by atoms with E-state index in [9.17, 15) is 4.79 Å². The average Bonchev–Trinajstić information content (AvgIpc) is 1.98. The van der Waals surface area contributed by atoms with Crippen LogP contribution in [0.2, 0.25) is 0 Å². The lowest BCUT2D eigenvalue weighted by Gasteiger charge is -2.01. The van der Waals surface area contributed by atoms with E-state index in [1.807, 2.05) is 13.8 Å². The van der Waals surface area contributed by atoms with Crippen LogP contribution >= 0.6 is 12.2 Å². The van der Waals surface area contributed by atoms with Crippen LogP contribution in [0.25, 0.3) is 0 Å². The second kappa shape index (κ2) is 2.06. The summed E-state index contributed by atoms with van der Waals surface area (Å²) < 4.78 is 0. The zero-order valence-corrected chi connectivity index (χ0v) is 6.29. The summed E-state index contributed by atoms with van der Waals surface area (Å²) in [5.74, 6) is 0.359. The smallest absolute Gasteiger partial charge is 0.228 e. The van der Waals surface area contributed by atoms with Crippen LogP contribution < -0.4 is 5.32 Å². The molecule has 2 atom stereocenters. The van der Waals surface area contributed by atoms with Crippen LogP contribution in [0, 0.1) is 11.8 Å². The van der Waals surface area contributed by atoms with Crippen LogP contribution in [0.15, 0.2) is 0 Å². The highest BCUT2D eigenvalue weighted by atomic mass is 32.1. The minimum Gasteiger partial charge on any atom is -0.320 e. The van der Waals surface area contributed by atoms with Gasteiger partial charge in [0.05, 0.1) is 4.99 Å². The Kier molecular flexibility index (Phi) is 1.53. The van der Waals surface area contributed by atoms with Crippen molar-refractivity contribution < 1.29 is 4.79 Å². The van der Waals surface area contributed by atoms with E-state index in [1.54, 1.807) is 0 Å². The predicted octanol–water partition coefficient (Wildman–Crippen LogP) is 0.716. The molecule has 1 amide bonds. The Bertz CT molecular complexity index is 148. The third-order valence-corrected chi connectivity index (χ3v) is 2.30. The van der Waals surface area contributed by atoms with Gasteiger partial charge in [0.2, 0.25) is 5.91 Å².